The van der Waals surface area contributed by atoms with E-state index in [1.807, 2.05) is 29.2 Å². The Bertz CT molecular complexity index is 1340. The van der Waals surface area contributed by atoms with Crippen LogP contribution in [0.3, 0.4) is 0 Å². The first-order valence-electron chi connectivity index (χ1n) is 16.6. The molecule has 2 aliphatic carbocycles. The zero-order chi connectivity index (χ0) is 32.3. The minimum absolute atomic E-state index is 0. The summed E-state index contributed by atoms with van der Waals surface area (Å²) in [5.41, 5.74) is 1.70. The molecule has 2 heterocycles. The summed E-state index contributed by atoms with van der Waals surface area (Å²) in [7, 11) is 0. The Balaban J connectivity index is 0.000000383. The van der Waals surface area contributed by atoms with Gasteiger partial charge in [0.15, 0.2) is 0 Å². The molecule has 48 heavy (non-hydrogen) atoms. The number of carbonyl (C=O) groups excluding carboxylic acids is 2. The molecule has 0 bridgehead atoms. The molecule has 2 aromatic carbocycles. The van der Waals surface area contributed by atoms with Gasteiger partial charge >= 0.3 is 0 Å². The number of nitrogens with one attached hydrogen (secondary N) is 1. The third kappa shape index (κ3) is 11.8. The number of hydrogen-bond acceptors (Lipinski definition) is 4. The molecule has 2 fully saturated rings. The smallest absolute Gasteiger partial charge is 0.256 e. The van der Waals surface area contributed by atoms with Crippen molar-refractivity contribution in [2.75, 3.05) is 0 Å². The minimum Gasteiger partial charge on any atom is -0.312 e. The van der Waals surface area contributed by atoms with Gasteiger partial charge in [-0.25, -0.2) is 0 Å². The zero-order valence-electron chi connectivity index (χ0n) is 27.1. The molecule has 6 nitrogen and oxygen atoms in total. The number of carbonyl (C=O) groups is 2. The van der Waals surface area contributed by atoms with Gasteiger partial charge in [-0.2, -0.15) is 0 Å². The van der Waals surface area contributed by atoms with E-state index in [0.29, 0.717) is 6.54 Å². The molecule has 4 aliphatic rings. The van der Waals surface area contributed by atoms with Gasteiger partial charge in [-0.05, 0) is 73.9 Å². The number of aliphatic imine (C=N–C) groups is 2. The molecule has 0 aromatic heterocycles. The molecule has 2 aliphatic heterocycles. The third-order valence-corrected chi connectivity index (χ3v) is 10.7. The highest BCUT2D eigenvalue weighted by Gasteiger charge is 2.49. The summed E-state index contributed by atoms with van der Waals surface area (Å²) in [5, 5.41) is 3.86. The van der Waals surface area contributed by atoms with Crippen molar-refractivity contribution in [3.05, 3.63) is 68.6 Å². The van der Waals surface area contributed by atoms with Crippen molar-refractivity contribution in [3.63, 3.8) is 0 Å². The summed E-state index contributed by atoms with van der Waals surface area (Å²) in [6.07, 6.45) is 14.7. The third-order valence-electron chi connectivity index (χ3n) is 9.03. The number of alkyl halides is 1. The monoisotopic (exact) mass is 872 g/mol. The van der Waals surface area contributed by atoms with E-state index in [2.05, 4.69) is 96.2 Å². The van der Waals surface area contributed by atoms with Crippen molar-refractivity contribution in [3.8, 4) is 0 Å². The van der Waals surface area contributed by atoms with Crippen molar-refractivity contribution in [2.45, 2.75) is 142 Å². The highest BCUT2D eigenvalue weighted by Crippen LogP contribution is 2.40. The Morgan fingerprint density at radius 3 is 1.71 bits per heavy atom. The molecule has 6 rings (SSSR count). The molecular formula is C38H56Br3ClN4O2. The molecule has 1 N–H and O–H groups in total. The molecule has 268 valence electrons. The van der Waals surface area contributed by atoms with Crippen LogP contribution in [0, 0.1) is 0 Å². The van der Waals surface area contributed by atoms with Gasteiger partial charge in [-0.3, -0.25) is 24.5 Å². The van der Waals surface area contributed by atoms with Crippen LogP contribution in [0.1, 0.15) is 130 Å². The Morgan fingerprint density at radius 1 is 0.729 bits per heavy atom. The highest BCUT2D eigenvalue weighted by molar-refractivity contribution is 9.10. The van der Waals surface area contributed by atoms with Gasteiger partial charge in [0.25, 0.3) is 11.8 Å². The van der Waals surface area contributed by atoms with Crippen LogP contribution in [0.25, 0.3) is 0 Å². The van der Waals surface area contributed by atoms with Gasteiger partial charge < -0.3 is 5.32 Å². The van der Waals surface area contributed by atoms with Crippen LogP contribution in [0.15, 0.2) is 67.5 Å². The molecular weight excluding hydrogens is 820 g/mol. The lowest BCUT2D eigenvalue weighted by Gasteiger charge is -2.22. The average Bonchev–Trinajstić information content (AvgIpc) is 3.84. The number of amidine groups is 2. The first kappa shape index (κ1) is 44.5. The lowest BCUT2D eigenvalue weighted by molar-refractivity contribution is -0.131. The number of benzene rings is 2. The molecule has 0 unspecified atom stereocenters. The first-order valence-corrected chi connectivity index (χ1v) is 19.3. The minimum atomic E-state index is -0.418. The van der Waals surface area contributed by atoms with Crippen LogP contribution in [-0.2, 0) is 21.5 Å². The maximum atomic E-state index is 13.0. The number of amides is 2. The summed E-state index contributed by atoms with van der Waals surface area (Å²) < 4.78 is 2.20. The molecule has 2 saturated carbocycles. The molecule has 2 aromatic rings. The SMILES string of the molecule is BrCc1ccc(Br)cc1.C.C.CCCCC1=NC2(CCCC2)C(=O)N1.CCCCC1=NC2(CCCC2)C(=O)N1Cc1ccc(Br)cc1.Cl. The fourth-order valence-corrected chi connectivity index (χ4v) is 7.29. The maximum Gasteiger partial charge on any atom is 0.256 e. The highest BCUT2D eigenvalue weighted by atomic mass is 79.9. The quantitative estimate of drug-likeness (QED) is 0.255. The van der Waals surface area contributed by atoms with E-state index in [1.54, 1.807) is 0 Å². The van der Waals surface area contributed by atoms with E-state index in [9.17, 15) is 9.59 Å². The lowest BCUT2D eigenvalue weighted by atomic mass is 9.98. The van der Waals surface area contributed by atoms with E-state index in [1.165, 1.54) is 5.56 Å². The van der Waals surface area contributed by atoms with Crippen LogP contribution in [0.5, 0.6) is 0 Å². The van der Waals surface area contributed by atoms with Crippen LogP contribution in [0.4, 0.5) is 0 Å². The van der Waals surface area contributed by atoms with Gasteiger partial charge in [-0.15, -0.1) is 12.4 Å². The largest absolute Gasteiger partial charge is 0.312 e. The Labute approximate surface area is 321 Å². The van der Waals surface area contributed by atoms with Gasteiger partial charge in [-0.1, -0.05) is 139 Å². The van der Waals surface area contributed by atoms with Crippen LogP contribution in [0.2, 0.25) is 0 Å². The van der Waals surface area contributed by atoms with Gasteiger partial charge in [0.1, 0.15) is 22.7 Å². The van der Waals surface area contributed by atoms with Gasteiger partial charge in [0, 0.05) is 27.1 Å². The van der Waals surface area contributed by atoms with Crippen molar-refractivity contribution >= 4 is 83.7 Å². The molecule has 10 heteroatoms. The van der Waals surface area contributed by atoms with Crippen molar-refractivity contribution < 1.29 is 9.59 Å². The number of rotatable bonds is 9. The van der Waals surface area contributed by atoms with Crippen molar-refractivity contribution in [1.82, 2.24) is 10.2 Å². The number of hydrogen-bond donors (Lipinski definition) is 1. The van der Waals surface area contributed by atoms with Gasteiger partial charge in [0.05, 0.1) is 6.54 Å². The summed E-state index contributed by atoms with van der Waals surface area (Å²) in [5.74, 6) is 2.33. The predicted octanol–water partition coefficient (Wildman–Crippen LogP) is 11.7. The molecule has 0 radical (unpaired) electrons. The summed E-state index contributed by atoms with van der Waals surface area (Å²) in [6, 6.07) is 16.5. The molecule has 2 amide bonds. The second-order valence-electron chi connectivity index (χ2n) is 12.5. The summed E-state index contributed by atoms with van der Waals surface area (Å²) >= 11 is 10.2. The number of halogens is 4. The van der Waals surface area contributed by atoms with E-state index in [-0.39, 0.29) is 44.6 Å². The van der Waals surface area contributed by atoms with Crippen LogP contribution < -0.4 is 5.32 Å². The number of nitrogens with zero attached hydrogens (tertiary/aromatic N) is 3. The van der Waals surface area contributed by atoms with E-state index < -0.39 is 5.54 Å². The predicted molar refractivity (Wildman–Crippen MR) is 217 cm³/mol. The topological polar surface area (TPSA) is 74.1 Å². The van der Waals surface area contributed by atoms with E-state index in [4.69, 9.17) is 4.99 Å². The summed E-state index contributed by atoms with van der Waals surface area (Å²) in [6.45, 7) is 4.99. The van der Waals surface area contributed by atoms with Crippen molar-refractivity contribution in [2.24, 2.45) is 9.98 Å². The lowest BCUT2D eigenvalue weighted by Crippen LogP contribution is -2.40. The normalized spacial score (nSPS) is 18.0. The Kier molecular flexibility index (Phi) is 20.0. The Morgan fingerprint density at radius 2 is 1.21 bits per heavy atom. The first-order chi connectivity index (χ1) is 21.7. The van der Waals surface area contributed by atoms with E-state index in [0.717, 1.165) is 121 Å². The molecule has 0 atom stereocenters. The van der Waals surface area contributed by atoms with Crippen LogP contribution >= 0.6 is 60.2 Å². The zero-order valence-corrected chi connectivity index (χ0v) is 32.7. The molecule has 2 spiro atoms. The fraction of sp³-hybridized carbons (Fsp3) is 0.579. The summed E-state index contributed by atoms with van der Waals surface area (Å²) in [4.78, 5) is 36.2. The standard InChI is InChI=1S/C18H23BrN2O.C11H18N2O.C7H6Br2.2CH4.ClH/c1-2-3-6-16-20-18(11-4-5-12-18)17(22)21(16)13-14-7-9-15(19)10-8-14;1-2-3-6-9-12-10(14)11(13-9)7-4-5-8-11;8-5-6-1-3-7(9)4-2-6;;;/h7-10H,2-6,11-13H2,1H3;2-8H2,1H3,(H,12,13,14);1-4H,5H2;2*1H4;1H. The van der Waals surface area contributed by atoms with E-state index >= 15 is 0 Å². The second-order valence-corrected chi connectivity index (χ2v) is 14.9. The maximum absolute atomic E-state index is 13.0. The fourth-order valence-electron chi connectivity index (χ4n) is 6.39. The second kappa shape index (κ2) is 21.6. The Hall–Kier alpha value is -1.55. The number of unbranched alkanes of at least 4 members (excludes halogenated alkanes) is 2. The average molecular weight is 876 g/mol. The van der Waals surface area contributed by atoms with Crippen molar-refractivity contribution in [1.29, 1.82) is 0 Å². The van der Waals surface area contributed by atoms with Gasteiger partial charge in [0.2, 0.25) is 0 Å². The van der Waals surface area contributed by atoms with Crippen LogP contribution in [-0.4, -0.2) is 39.5 Å². The molecule has 0 saturated heterocycles.